The van der Waals surface area contributed by atoms with Gasteiger partial charge < -0.3 is 0 Å². The van der Waals surface area contributed by atoms with Crippen LogP contribution in [0.5, 0.6) is 0 Å². The number of fused-ring (bicyclic) bond motifs is 2. The van der Waals surface area contributed by atoms with E-state index in [1.807, 2.05) is 22.7 Å². The molecule has 0 N–H and O–H groups in total. The minimum Gasteiger partial charge on any atom is -0.134 e. The second-order valence-electron chi connectivity index (χ2n) is 10.2. The first-order valence-electron chi connectivity index (χ1n) is 14.0. The molecule has 38 heavy (non-hydrogen) atoms. The second-order valence-corrected chi connectivity index (χ2v) is 12.3. The molecule has 0 spiro atoms. The van der Waals surface area contributed by atoms with E-state index < -0.39 is 0 Å². The maximum atomic E-state index is 2.49. The molecule has 0 aliphatic rings. The van der Waals surface area contributed by atoms with Crippen LogP contribution in [0.4, 0.5) is 0 Å². The zero-order valence-corrected chi connectivity index (χ0v) is 23.9. The molecule has 4 aromatic carbocycles. The van der Waals surface area contributed by atoms with E-state index in [4.69, 9.17) is 0 Å². The predicted octanol–water partition coefficient (Wildman–Crippen LogP) is 11.8. The fraction of sp³-hybridized carbons (Fsp3) is 0.222. The summed E-state index contributed by atoms with van der Waals surface area (Å²) in [4.78, 5) is 5.37. The van der Waals surface area contributed by atoms with Crippen LogP contribution in [0.1, 0.15) is 50.7 Å². The monoisotopic (exact) mass is 530 g/mol. The standard InChI is InChI=1S/C36H34S2/c1-3-5-14-27-28-16-10-11-17-29(28)30(15-6-4-2)32-24-26(18-19-31(27)32)34-21-23-36(38-34)35-22-20-33(37-35)25-12-8-7-9-13-25/h7-13,16-24H,3-6,14-15H2,1-2H3. The van der Waals surface area contributed by atoms with Crippen LogP contribution in [0.3, 0.4) is 0 Å². The molecule has 2 heteroatoms. The van der Waals surface area contributed by atoms with E-state index in [0.29, 0.717) is 0 Å². The molecule has 190 valence electrons. The molecule has 0 saturated heterocycles. The lowest BCUT2D eigenvalue weighted by Crippen LogP contribution is -1.97. The molecule has 0 fully saturated rings. The third-order valence-electron chi connectivity index (χ3n) is 7.61. The summed E-state index contributed by atoms with van der Waals surface area (Å²) in [5, 5.41) is 5.82. The van der Waals surface area contributed by atoms with Crippen molar-refractivity contribution < 1.29 is 0 Å². The smallest absolute Gasteiger partial charge is 0.0449 e. The van der Waals surface area contributed by atoms with E-state index in [1.165, 1.54) is 89.0 Å². The largest absolute Gasteiger partial charge is 0.134 e. The Balaban J connectivity index is 1.43. The summed E-state index contributed by atoms with van der Waals surface area (Å²) in [7, 11) is 0. The fourth-order valence-electron chi connectivity index (χ4n) is 5.61. The van der Waals surface area contributed by atoms with Crippen molar-refractivity contribution in [3.05, 3.63) is 108 Å². The summed E-state index contributed by atoms with van der Waals surface area (Å²) in [6.45, 7) is 4.59. The zero-order valence-electron chi connectivity index (χ0n) is 22.3. The van der Waals surface area contributed by atoms with Gasteiger partial charge in [0, 0.05) is 19.5 Å². The van der Waals surface area contributed by atoms with Crippen LogP contribution in [0.25, 0.3) is 52.2 Å². The average molecular weight is 531 g/mol. The van der Waals surface area contributed by atoms with Crippen LogP contribution >= 0.6 is 22.7 Å². The molecule has 0 atom stereocenters. The van der Waals surface area contributed by atoms with Gasteiger partial charge in [-0.05, 0) is 99.8 Å². The van der Waals surface area contributed by atoms with Crippen molar-refractivity contribution >= 4 is 44.2 Å². The fourth-order valence-corrected chi connectivity index (χ4v) is 7.71. The van der Waals surface area contributed by atoms with Gasteiger partial charge in [-0.2, -0.15) is 0 Å². The first-order chi connectivity index (χ1) is 18.8. The molecule has 0 unspecified atom stereocenters. The highest BCUT2D eigenvalue weighted by Gasteiger charge is 2.15. The third-order valence-corrected chi connectivity index (χ3v) is 10.1. The van der Waals surface area contributed by atoms with Crippen LogP contribution in [-0.4, -0.2) is 0 Å². The lowest BCUT2D eigenvalue weighted by atomic mass is 9.87. The van der Waals surface area contributed by atoms with E-state index in [1.54, 1.807) is 0 Å². The number of benzene rings is 4. The minimum absolute atomic E-state index is 1.14. The topological polar surface area (TPSA) is 0 Å². The van der Waals surface area contributed by atoms with Gasteiger partial charge in [-0.3, -0.25) is 0 Å². The van der Waals surface area contributed by atoms with Gasteiger partial charge in [-0.1, -0.05) is 93.4 Å². The summed E-state index contributed by atoms with van der Waals surface area (Å²) in [6, 6.07) is 36.2. The highest BCUT2D eigenvalue weighted by Crippen LogP contribution is 2.42. The summed E-state index contributed by atoms with van der Waals surface area (Å²) < 4.78 is 0. The van der Waals surface area contributed by atoms with Gasteiger partial charge in [0.05, 0.1) is 0 Å². The van der Waals surface area contributed by atoms with Gasteiger partial charge in [0.2, 0.25) is 0 Å². The molecule has 0 aliphatic carbocycles. The van der Waals surface area contributed by atoms with Crippen molar-refractivity contribution in [2.24, 2.45) is 0 Å². The quantitative estimate of drug-likeness (QED) is 0.163. The van der Waals surface area contributed by atoms with Crippen LogP contribution in [0, 0.1) is 0 Å². The molecule has 0 nitrogen and oxygen atoms in total. The Bertz CT molecular complexity index is 1680. The molecule has 0 bridgehead atoms. The third kappa shape index (κ3) is 4.84. The normalized spacial score (nSPS) is 11.5. The lowest BCUT2D eigenvalue weighted by molar-refractivity contribution is 0.797. The van der Waals surface area contributed by atoms with Crippen molar-refractivity contribution in [3.63, 3.8) is 0 Å². The van der Waals surface area contributed by atoms with Gasteiger partial charge >= 0.3 is 0 Å². The molecule has 2 aromatic heterocycles. The van der Waals surface area contributed by atoms with Crippen LogP contribution in [0.2, 0.25) is 0 Å². The Labute approximate surface area is 234 Å². The van der Waals surface area contributed by atoms with Crippen LogP contribution in [-0.2, 0) is 12.8 Å². The Morgan fingerprint density at radius 3 is 1.55 bits per heavy atom. The van der Waals surface area contributed by atoms with E-state index in [0.717, 1.165) is 12.8 Å². The predicted molar refractivity (Wildman–Crippen MR) is 171 cm³/mol. The van der Waals surface area contributed by atoms with Crippen molar-refractivity contribution in [1.82, 2.24) is 0 Å². The van der Waals surface area contributed by atoms with Gasteiger partial charge in [-0.15, -0.1) is 22.7 Å². The Morgan fingerprint density at radius 1 is 0.447 bits per heavy atom. The lowest BCUT2D eigenvalue weighted by Gasteiger charge is -2.18. The van der Waals surface area contributed by atoms with Crippen molar-refractivity contribution in [3.8, 4) is 30.6 Å². The SMILES string of the molecule is CCCCc1c2ccccc2c(CCCC)c2cc(-c3ccc(-c4ccc(-c5ccccc5)s4)s3)ccc12. The molecule has 0 radical (unpaired) electrons. The van der Waals surface area contributed by atoms with Crippen molar-refractivity contribution in [1.29, 1.82) is 0 Å². The first-order valence-corrected chi connectivity index (χ1v) is 15.6. The van der Waals surface area contributed by atoms with Crippen molar-refractivity contribution in [2.45, 2.75) is 52.4 Å². The van der Waals surface area contributed by atoms with Crippen molar-refractivity contribution in [2.75, 3.05) is 0 Å². The molecular formula is C36H34S2. The van der Waals surface area contributed by atoms with Gasteiger partial charge in [-0.25, -0.2) is 0 Å². The van der Waals surface area contributed by atoms with E-state index in [2.05, 4.69) is 111 Å². The number of rotatable bonds is 9. The number of hydrogen-bond acceptors (Lipinski definition) is 2. The average Bonchev–Trinajstić information content (AvgIpc) is 3.66. The number of aryl methyl sites for hydroxylation is 2. The highest BCUT2D eigenvalue weighted by molar-refractivity contribution is 7.25. The Kier molecular flexibility index (Phi) is 7.44. The molecule has 0 saturated carbocycles. The second kappa shape index (κ2) is 11.3. The summed E-state index contributed by atoms with van der Waals surface area (Å²) in [5.74, 6) is 0. The number of hydrogen-bond donors (Lipinski definition) is 0. The summed E-state index contributed by atoms with van der Waals surface area (Å²) >= 11 is 3.80. The van der Waals surface area contributed by atoms with Crippen LogP contribution < -0.4 is 0 Å². The van der Waals surface area contributed by atoms with Gasteiger partial charge in [0.25, 0.3) is 0 Å². The maximum Gasteiger partial charge on any atom is 0.0449 e. The molecule has 0 aliphatic heterocycles. The van der Waals surface area contributed by atoms with Crippen LogP contribution in [0.15, 0.2) is 97.1 Å². The molecular weight excluding hydrogens is 497 g/mol. The highest BCUT2D eigenvalue weighted by atomic mass is 32.1. The summed E-state index contributed by atoms with van der Waals surface area (Å²) in [6.07, 6.45) is 7.17. The Morgan fingerprint density at radius 2 is 0.947 bits per heavy atom. The molecule has 2 heterocycles. The van der Waals surface area contributed by atoms with E-state index >= 15 is 0 Å². The Hall–Kier alpha value is -3.20. The van der Waals surface area contributed by atoms with E-state index in [9.17, 15) is 0 Å². The number of thiophene rings is 2. The minimum atomic E-state index is 1.14. The molecule has 6 aromatic rings. The van der Waals surface area contributed by atoms with E-state index in [-0.39, 0.29) is 0 Å². The molecule has 6 rings (SSSR count). The zero-order chi connectivity index (χ0) is 25.9. The van der Waals surface area contributed by atoms with Gasteiger partial charge in [0.1, 0.15) is 0 Å². The summed E-state index contributed by atoms with van der Waals surface area (Å²) in [5.41, 5.74) is 5.69. The first kappa shape index (κ1) is 25.1. The van der Waals surface area contributed by atoms with Gasteiger partial charge in [0.15, 0.2) is 0 Å². The number of unbranched alkanes of at least 4 members (excludes halogenated alkanes) is 2. The maximum absolute atomic E-state index is 2.49. The molecule has 0 amide bonds.